The smallest absolute Gasteiger partial charge is 0.225 e. The Balaban J connectivity index is 2.25. The molecule has 0 aromatic heterocycles. The van der Waals surface area contributed by atoms with Crippen LogP contribution in [0.2, 0.25) is 0 Å². The van der Waals surface area contributed by atoms with Crippen molar-refractivity contribution in [2.45, 2.75) is 29.6 Å². The minimum atomic E-state index is -3.91. The fourth-order valence-electron chi connectivity index (χ4n) is 1.56. The first-order chi connectivity index (χ1) is 8.62. The van der Waals surface area contributed by atoms with E-state index in [0.717, 1.165) is 18.9 Å². The summed E-state index contributed by atoms with van der Waals surface area (Å²) in [6, 6.07) is 5.02. The fraction of sp³-hybridized carbons (Fsp3) is 0.455. The molecular weight excluding hydrogens is 288 g/mol. The van der Waals surface area contributed by atoms with Gasteiger partial charge in [-0.15, -0.1) is 0 Å². The van der Waals surface area contributed by atoms with Crippen LogP contribution in [0, 0.1) is 5.41 Å². The molecular formula is C11H16N2O4S2. The lowest BCUT2D eigenvalue weighted by Gasteiger charge is -2.11. The second kappa shape index (κ2) is 4.55. The first-order valence-corrected chi connectivity index (χ1v) is 8.78. The predicted octanol–water partition coefficient (Wildman–Crippen LogP) is 0.412. The summed E-state index contributed by atoms with van der Waals surface area (Å²) in [4.78, 5) is -0.309. The largest absolute Gasteiger partial charge is 0.240 e. The maximum Gasteiger partial charge on any atom is 0.240 e. The molecule has 0 aliphatic heterocycles. The van der Waals surface area contributed by atoms with Crippen LogP contribution < -0.4 is 9.86 Å². The predicted molar refractivity (Wildman–Crippen MR) is 70.3 cm³/mol. The van der Waals surface area contributed by atoms with Crippen LogP contribution in [-0.4, -0.2) is 23.4 Å². The Morgan fingerprint density at radius 2 is 1.79 bits per heavy atom. The highest BCUT2D eigenvalue weighted by Crippen LogP contribution is 2.44. The number of sulfonamides is 2. The summed E-state index contributed by atoms with van der Waals surface area (Å²) in [5.74, 6) is 0. The van der Waals surface area contributed by atoms with E-state index in [2.05, 4.69) is 4.72 Å². The van der Waals surface area contributed by atoms with Gasteiger partial charge in [0, 0.05) is 6.54 Å². The Labute approximate surface area is 113 Å². The van der Waals surface area contributed by atoms with E-state index in [-0.39, 0.29) is 15.2 Å². The fourth-order valence-corrected chi connectivity index (χ4v) is 3.44. The summed E-state index contributed by atoms with van der Waals surface area (Å²) < 4.78 is 49.0. The number of nitrogens with one attached hydrogen (secondary N) is 1. The maximum absolute atomic E-state index is 12.0. The van der Waals surface area contributed by atoms with Gasteiger partial charge in [0.2, 0.25) is 20.0 Å². The maximum atomic E-state index is 12.0. The monoisotopic (exact) mass is 304 g/mol. The van der Waals surface area contributed by atoms with Crippen molar-refractivity contribution in [1.29, 1.82) is 0 Å². The molecule has 0 amide bonds. The van der Waals surface area contributed by atoms with E-state index in [0.29, 0.717) is 6.54 Å². The molecule has 8 heteroatoms. The van der Waals surface area contributed by atoms with Gasteiger partial charge in [-0.1, -0.05) is 13.0 Å². The second-order valence-corrected chi connectivity index (χ2v) is 8.48. The van der Waals surface area contributed by atoms with Crippen LogP contribution in [0.25, 0.3) is 0 Å². The molecule has 0 bridgehead atoms. The molecule has 3 N–H and O–H groups in total. The van der Waals surface area contributed by atoms with E-state index in [9.17, 15) is 16.8 Å². The van der Waals surface area contributed by atoms with Crippen LogP contribution in [0.5, 0.6) is 0 Å². The first kappa shape index (κ1) is 14.4. The van der Waals surface area contributed by atoms with Crippen LogP contribution in [0.4, 0.5) is 0 Å². The lowest BCUT2D eigenvalue weighted by Crippen LogP contribution is -2.29. The zero-order valence-electron chi connectivity index (χ0n) is 10.5. The van der Waals surface area contributed by atoms with Gasteiger partial charge in [0.05, 0.1) is 9.79 Å². The van der Waals surface area contributed by atoms with Crippen molar-refractivity contribution in [3.05, 3.63) is 24.3 Å². The summed E-state index contributed by atoms with van der Waals surface area (Å²) in [5.41, 5.74) is 0.0324. The van der Waals surface area contributed by atoms with Gasteiger partial charge in [0.15, 0.2) is 0 Å². The zero-order valence-corrected chi connectivity index (χ0v) is 12.1. The molecule has 0 saturated heterocycles. The first-order valence-electron chi connectivity index (χ1n) is 5.75. The van der Waals surface area contributed by atoms with Gasteiger partial charge in [-0.05, 0) is 36.5 Å². The number of hydrogen-bond donors (Lipinski definition) is 2. The normalized spacial score (nSPS) is 18.2. The second-order valence-electron chi connectivity index (χ2n) is 5.16. The number of benzene rings is 1. The number of hydrogen-bond acceptors (Lipinski definition) is 4. The molecule has 1 aliphatic carbocycles. The van der Waals surface area contributed by atoms with E-state index in [1.807, 2.05) is 6.92 Å². The summed E-state index contributed by atoms with van der Waals surface area (Å²) >= 11 is 0. The van der Waals surface area contributed by atoms with E-state index in [4.69, 9.17) is 5.14 Å². The highest BCUT2D eigenvalue weighted by molar-refractivity contribution is 7.90. The molecule has 0 radical (unpaired) electrons. The number of nitrogens with two attached hydrogens (primary N) is 1. The van der Waals surface area contributed by atoms with Crippen LogP contribution >= 0.6 is 0 Å². The zero-order chi connectivity index (χ0) is 14.3. The summed E-state index contributed by atoms with van der Waals surface area (Å²) in [6.07, 6.45) is 1.99. The average Bonchev–Trinajstić information content (AvgIpc) is 3.05. The quantitative estimate of drug-likeness (QED) is 0.821. The molecule has 0 spiro atoms. The van der Waals surface area contributed by atoms with E-state index in [1.165, 1.54) is 18.2 Å². The Morgan fingerprint density at radius 1 is 1.21 bits per heavy atom. The third-order valence-electron chi connectivity index (χ3n) is 3.24. The minimum absolute atomic E-state index is 0.0324. The third-order valence-corrected chi connectivity index (χ3v) is 5.55. The van der Waals surface area contributed by atoms with Gasteiger partial charge in [0.25, 0.3) is 0 Å². The molecule has 1 aromatic rings. The van der Waals surface area contributed by atoms with Crippen molar-refractivity contribution >= 4 is 20.0 Å². The number of rotatable bonds is 5. The van der Waals surface area contributed by atoms with Crippen molar-refractivity contribution < 1.29 is 16.8 Å². The van der Waals surface area contributed by atoms with Crippen LogP contribution in [0.3, 0.4) is 0 Å². The van der Waals surface area contributed by atoms with Gasteiger partial charge >= 0.3 is 0 Å². The van der Waals surface area contributed by atoms with Gasteiger partial charge in [0.1, 0.15) is 0 Å². The van der Waals surface area contributed by atoms with E-state index < -0.39 is 20.0 Å². The van der Waals surface area contributed by atoms with Gasteiger partial charge in [-0.25, -0.2) is 26.7 Å². The van der Waals surface area contributed by atoms with Crippen molar-refractivity contribution in [2.75, 3.05) is 6.54 Å². The van der Waals surface area contributed by atoms with Crippen molar-refractivity contribution in [3.8, 4) is 0 Å². The van der Waals surface area contributed by atoms with Crippen LogP contribution in [0.1, 0.15) is 19.8 Å². The Morgan fingerprint density at radius 3 is 2.32 bits per heavy atom. The van der Waals surface area contributed by atoms with Gasteiger partial charge in [-0.3, -0.25) is 0 Å². The summed E-state index contributed by atoms with van der Waals surface area (Å²) in [6.45, 7) is 2.35. The van der Waals surface area contributed by atoms with Crippen molar-refractivity contribution in [1.82, 2.24) is 4.72 Å². The molecule has 1 aliphatic rings. The third kappa shape index (κ3) is 3.53. The summed E-state index contributed by atoms with van der Waals surface area (Å²) in [7, 11) is -7.62. The average molecular weight is 304 g/mol. The molecule has 6 nitrogen and oxygen atoms in total. The van der Waals surface area contributed by atoms with Crippen LogP contribution in [0.15, 0.2) is 34.1 Å². The van der Waals surface area contributed by atoms with Crippen LogP contribution in [-0.2, 0) is 20.0 Å². The van der Waals surface area contributed by atoms with E-state index >= 15 is 0 Å². The lowest BCUT2D eigenvalue weighted by molar-refractivity contribution is 0.530. The Hall–Kier alpha value is -0.960. The molecule has 106 valence electrons. The molecule has 19 heavy (non-hydrogen) atoms. The van der Waals surface area contributed by atoms with Gasteiger partial charge < -0.3 is 0 Å². The standard InChI is InChI=1S/C11H16N2O4S2/c1-11(5-6-11)8-13-19(16,17)10-4-2-3-9(7-10)18(12,14)15/h2-4,7,13H,5-6,8H2,1H3,(H2,12,14,15). The molecule has 0 heterocycles. The highest BCUT2D eigenvalue weighted by Gasteiger charge is 2.38. The molecule has 0 unspecified atom stereocenters. The van der Waals surface area contributed by atoms with E-state index in [1.54, 1.807) is 0 Å². The molecule has 1 fully saturated rings. The minimum Gasteiger partial charge on any atom is -0.225 e. The topological polar surface area (TPSA) is 106 Å². The molecule has 1 aromatic carbocycles. The van der Waals surface area contributed by atoms with Crippen molar-refractivity contribution in [2.24, 2.45) is 10.6 Å². The molecule has 2 rings (SSSR count). The SMILES string of the molecule is CC1(CNS(=O)(=O)c2cccc(S(N)(=O)=O)c2)CC1. The summed E-state index contributed by atoms with van der Waals surface area (Å²) in [5, 5.41) is 4.98. The van der Waals surface area contributed by atoms with Gasteiger partial charge in [-0.2, -0.15) is 0 Å². The Bertz CT molecular complexity index is 691. The Kier molecular flexibility index (Phi) is 3.46. The molecule has 0 atom stereocenters. The lowest BCUT2D eigenvalue weighted by atomic mass is 10.2. The van der Waals surface area contributed by atoms with Crippen molar-refractivity contribution in [3.63, 3.8) is 0 Å². The molecule has 1 saturated carbocycles. The number of primary sulfonamides is 1. The highest BCUT2D eigenvalue weighted by atomic mass is 32.2.